The molecule has 260 valence electrons. The number of aromatic nitrogens is 1. The van der Waals surface area contributed by atoms with Crippen molar-refractivity contribution in [2.75, 3.05) is 32.8 Å². The van der Waals surface area contributed by atoms with E-state index in [1.807, 2.05) is 55.5 Å². The second-order valence-corrected chi connectivity index (χ2v) is 13.6. The SMILES string of the molecule is CCOC(=O)C(C)Oc1ccc(SCc2sc(-c3ccc(C(F)(F)F)cc3)nc2CN2CCN(C(=O)OCc3ccccc3)CC2)cc1C. The van der Waals surface area contributed by atoms with Gasteiger partial charge in [-0.3, -0.25) is 4.90 Å². The van der Waals surface area contributed by atoms with Gasteiger partial charge in [0.15, 0.2) is 6.10 Å². The molecule has 1 amide bonds. The number of aryl methyl sites for hydroxylation is 1. The van der Waals surface area contributed by atoms with E-state index < -0.39 is 23.8 Å². The zero-order valence-corrected chi connectivity index (χ0v) is 29.1. The molecule has 3 aromatic carbocycles. The van der Waals surface area contributed by atoms with E-state index in [0.717, 1.165) is 38.7 Å². The number of benzene rings is 3. The van der Waals surface area contributed by atoms with Gasteiger partial charge < -0.3 is 19.1 Å². The van der Waals surface area contributed by atoms with Gasteiger partial charge in [0.2, 0.25) is 0 Å². The van der Waals surface area contributed by atoms with Gasteiger partial charge in [-0.05, 0) is 62.2 Å². The minimum absolute atomic E-state index is 0.217. The fourth-order valence-electron chi connectivity index (χ4n) is 5.15. The summed E-state index contributed by atoms with van der Waals surface area (Å²) < 4.78 is 56.0. The normalized spacial score (nSPS) is 14.4. The predicted molar refractivity (Wildman–Crippen MR) is 183 cm³/mol. The van der Waals surface area contributed by atoms with Crippen molar-refractivity contribution in [1.82, 2.24) is 14.8 Å². The van der Waals surface area contributed by atoms with E-state index in [-0.39, 0.29) is 19.3 Å². The van der Waals surface area contributed by atoms with Crippen molar-refractivity contribution in [2.24, 2.45) is 0 Å². The Morgan fingerprint density at radius 3 is 2.35 bits per heavy atom. The van der Waals surface area contributed by atoms with Crippen LogP contribution in [0.2, 0.25) is 0 Å². The molecule has 0 N–H and O–H groups in total. The van der Waals surface area contributed by atoms with Gasteiger partial charge >= 0.3 is 18.2 Å². The van der Waals surface area contributed by atoms with Gasteiger partial charge in [-0.25, -0.2) is 14.6 Å². The lowest BCUT2D eigenvalue weighted by Crippen LogP contribution is -2.48. The largest absolute Gasteiger partial charge is 0.479 e. The molecule has 1 saturated heterocycles. The highest BCUT2D eigenvalue weighted by Gasteiger charge is 2.30. The molecule has 49 heavy (non-hydrogen) atoms. The Balaban J connectivity index is 1.26. The van der Waals surface area contributed by atoms with Crippen LogP contribution in [0.1, 0.15) is 41.1 Å². The van der Waals surface area contributed by atoms with Gasteiger partial charge in [0.1, 0.15) is 17.4 Å². The summed E-state index contributed by atoms with van der Waals surface area (Å²) in [5.74, 6) is 0.764. The third-order valence-electron chi connectivity index (χ3n) is 7.89. The number of piperazine rings is 1. The third kappa shape index (κ3) is 9.99. The zero-order valence-electron chi connectivity index (χ0n) is 27.5. The van der Waals surface area contributed by atoms with E-state index in [0.29, 0.717) is 54.8 Å². The molecule has 1 aliphatic rings. The lowest BCUT2D eigenvalue weighted by Gasteiger charge is -2.33. The molecule has 0 saturated carbocycles. The number of rotatable bonds is 12. The van der Waals surface area contributed by atoms with E-state index in [9.17, 15) is 22.8 Å². The topological polar surface area (TPSA) is 81.2 Å². The maximum Gasteiger partial charge on any atom is 0.416 e. The minimum atomic E-state index is -4.42. The average Bonchev–Trinajstić information content (AvgIpc) is 3.50. The smallest absolute Gasteiger partial charge is 0.416 e. The van der Waals surface area contributed by atoms with E-state index in [1.54, 1.807) is 30.5 Å². The summed E-state index contributed by atoms with van der Waals surface area (Å²) in [5, 5.41) is 0.648. The van der Waals surface area contributed by atoms with Gasteiger partial charge in [-0.15, -0.1) is 23.1 Å². The number of halogens is 3. The van der Waals surface area contributed by atoms with Crippen molar-refractivity contribution in [3.8, 4) is 16.3 Å². The quantitative estimate of drug-likeness (QED) is 0.107. The van der Waals surface area contributed by atoms with Gasteiger partial charge in [0, 0.05) is 53.8 Å². The Morgan fingerprint density at radius 1 is 0.980 bits per heavy atom. The summed E-state index contributed by atoms with van der Waals surface area (Å²) in [5.41, 5.74) is 2.57. The molecule has 0 bridgehead atoms. The van der Waals surface area contributed by atoms with Gasteiger partial charge in [0.05, 0.1) is 17.9 Å². The summed E-state index contributed by atoms with van der Waals surface area (Å²) in [6, 6.07) is 20.4. The van der Waals surface area contributed by atoms with Crippen LogP contribution in [0, 0.1) is 6.92 Å². The molecule has 1 unspecified atom stereocenters. The number of thiazole rings is 1. The van der Waals surface area contributed by atoms with E-state index in [4.69, 9.17) is 19.2 Å². The fraction of sp³-hybridized carbons (Fsp3) is 0.361. The average molecular weight is 714 g/mol. The number of hydrogen-bond acceptors (Lipinski definition) is 9. The minimum Gasteiger partial charge on any atom is -0.479 e. The molecule has 4 aromatic rings. The summed E-state index contributed by atoms with van der Waals surface area (Å²) in [6.07, 6.45) is -5.50. The number of carbonyl (C=O) groups is 2. The summed E-state index contributed by atoms with van der Waals surface area (Å²) in [4.78, 5) is 35.5. The van der Waals surface area contributed by atoms with E-state index in [2.05, 4.69) is 4.90 Å². The third-order valence-corrected chi connectivity index (χ3v) is 10.2. The monoisotopic (exact) mass is 713 g/mol. The van der Waals surface area contributed by atoms with Crippen LogP contribution in [0.3, 0.4) is 0 Å². The molecular formula is C36H38F3N3O5S2. The lowest BCUT2D eigenvalue weighted by molar-refractivity contribution is -0.150. The Bertz CT molecular complexity index is 1710. The van der Waals surface area contributed by atoms with E-state index >= 15 is 0 Å². The van der Waals surface area contributed by atoms with Crippen molar-refractivity contribution in [3.05, 3.63) is 100 Å². The Labute approximate surface area is 292 Å². The highest BCUT2D eigenvalue weighted by molar-refractivity contribution is 7.98. The number of amides is 1. The first-order chi connectivity index (χ1) is 23.5. The molecule has 5 rings (SSSR count). The van der Waals surface area contributed by atoms with Crippen molar-refractivity contribution < 1.29 is 37.0 Å². The molecule has 8 nitrogen and oxygen atoms in total. The Morgan fingerprint density at radius 2 is 1.69 bits per heavy atom. The second kappa shape index (κ2) is 16.6. The molecule has 1 aromatic heterocycles. The zero-order chi connectivity index (χ0) is 35.0. The van der Waals surface area contributed by atoms with Crippen molar-refractivity contribution in [1.29, 1.82) is 0 Å². The number of hydrogen-bond donors (Lipinski definition) is 0. The van der Waals surface area contributed by atoms with E-state index in [1.165, 1.54) is 23.5 Å². The van der Waals surface area contributed by atoms with Crippen LogP contribution < -0.4 is 4.74 Å². The number of ether oxygens (including phenoxy) is 3. The number of alkyl halides is 3. The highest BCUT2D eigenvalue weighted by Crippen LogP contribution is 2.36. The van der Waals surface area contributed by atoms with Gasteiger partial charge in [-0.1, -0.05) is 42.5 Å². The molecule has 13 heteroatoms. The summed E-state index contributed by atoms with van der Waals surface area (Å²) in [7, 11) is 0. The van der Waals surface area contributed by atoms with Gasteiger partial charge in [0.25, 0.3) is 0 Å². The van der Waals surface area contributed by atoms with Crippen LogP contribution in [0.5, 0.6) is 5.75 Å². The van der Waals surface area contributed by atoms with Crippen LogP contribution in [0.25, 0.3) is 10.6 Å². The predicted octanol–water partition coefficient (Wildman–Crippen LogP) is 8.21. The van der Waals surface area contributed by atoms with Crippen LogP contribution in [0.15, 0.2) is 77.7 Å². The molecule has 1 aliphatic heterocycles. The lowest BCUT2D eigenvalue weighted by atomic mass is 10.1. The second-order valence-electron chi connectivity index (χ2n) is 11.5. The maximum absolute atomic E-state index is 13.2. The summed E-state index contributed by atoms with van der Waals surface area (Å²) >= 11 is 3.08. The van der Waals surface area contributed by atoms with Crippen molar-refractivity contribution in [2.45, 2.75) is 56.9 Å². The van der Waals surface area contributed by atoms with Crippen LogP contribution in [-0.4, -0.2) is 65.7 Å². The highest BCUT2D eigenvalue weighted by atomic mass is 32.2. The van der Waals surface area contributed by atoms with Crippen molar-refractivity contribution in [3.63, 3.8) is 0 Å². The molecular weight excluding hydrogens is 676 g/mol. The van der Waals surface area contributed by atoms with Crippen LogP contribution >= 0.6 is 23.1 Å². The number of nitrogens with zero attached hydrogens (tertiary/aromatic N) is 3. The molecule has 0 spiro atoms. The molecule has 0 radical (unpaired) electrons. The Kier molecular flexibility index (Phi) is 12.2. The fourth-order valence-corrected chi connectivity index (χ4v) is 7.32. The maximum atomic E-state index is 13.2. The first kappa shape index (κ1) is 36.2. The number of carbonyl (C=O) groups excluding carboxylic acids is 2. The number of thioether (sulfide) groups is 1. The van der Waals surface area contributed by atoms with Crippen LogP contribution in [-0.2, 0) is 39.3 Å². The van der Waals surface area contributed by atoms with Gasteiger partial charge in [-0.2, -0.15) is 13.2 Å². The van der Waals surface area contributed by atoms with Crippen molar-refractivity contribution >= 4 is 35.2 Å². The number of esters is 1. The first-order valence-electron chi connectivity index (χ1n) is 15.9. The molecule has 2 heterocycles. The molecule has 1 fully saturated rings. The standard InChI is InChI=1S/C36H38F3N3O5S2/c1-4-45-34(43)25(3)47-31-15-14-29(20-24(31)2)48-23-32-30(40-33(49-32)27-10-12-28(13-11-27)36(37,38)39)21-41-16-18-42(19-17-41)35(44)46-22-26-8-6-5-7-9-26/h5-15,20,25H,4,16-19,21-23H2,1-3H3. The van der Waals surface area contributed by atoms with Crippen LogP contribution in [0.4, 0.5) is 18.0 Å². The molecule has 0 aliphatic carbocycles. The summed E-state index contributed by atoms with van der Waals surface area (Å²) in [6.45, 7) is 8.62. The first-order valence-corrected chi connectivity index (χ1v) is 17.7. The molecule has 1 atom stereocenters. The Hall–Kier alpha value is -4.07.